The number of hydrogen-bond acceptors (Lipinski definition) is 2. The van der Waals surface area contributed by atoms with Crippen molar-refractivity contribution in [3.05, 3.63) is 30.1 Å². The Bertz CT molecular complexity index is 480. The Labute approximate surface area is 111 Å². The van der Waals surface area contributed by atoms with Crippen molar-refractivity contribution in [1.29, 1.82) is 0 Å². The fourth-order valence-corrected chi connectivity index (χ4v) is 1.60. The number of carboxylic acids is 1. The smallest absolute Gasteiger partial charge is 0.305 e. The zero-order valence-corrected chi connectivity index (χ0v) is 11.3. The number of carbonyl (C=O) groups is 2. The maximum atomic E-state index is 13.2. The topological polar surface area (TPSA) is 57.6 Å². The average molecular weight is 267 g/mol. The molecule has 0 aliphatic heterocycles. The van der Waals surface area contributed by atoms with Crippen LogP contribution >= 0.6 is 0 Å². The molecule has 4 nitrogen and oxygen atoms in total. The standard InChI is InChI=1S/C14H18FNO3/c1-14(2,3)13(19)16(8-7-12(17)18)11-6-4-5-10(15)9-11/h4-6,9H,7-8H2,1-3H3,(H,17,18). The van der Waals surface area contributed by atoms with Crippen LogP contribution in [0.3, 0.4) is 0 Å². The molecule has 1 rings (SSSR count). The molecule has 0 aromatic heterocycles. The van der Waals surface area contributed by atoms with Crippen LogP contribution in [-0.2, 0) is 9.59 Å². The molecule has 1 aromatic carbocycles. The van der Waals surface area contributed by atoms with Crippen molar-refractivity contribution in [3.63, 3.8) is 0 Å². The molecule has 0 unspecified atom stereocenters. The van der Waals surface area contributed by atoms with Gasteiger partial charge in [0.25, 0.3) is 0 Å². The van der Waals surface area contributed by atoms with Gasteiger partial charge in [-0.1, -0.05) is 26.8 Å². The second-order valence-corrected chi connectivity index (χ2v) is 5.33. The first-order valence-electron chi connectivity index (χ1n) is 6.01. The van der Waals surface area contributed by atoms with E-state index in [9.17, 15) is 14.0 Å². The van der Waals surface area contributed by atoms with Gasteiger partial charge in [0.2, 0.25) is 5.91 Å². The van der Waals surface area contributed by atoms with E-state index in [0.29, 0.717) is 5.69 Å². The van der Waals surface area contributed by atoms with E-state index >= 15 is 0 Å². The molecule has 1 N–H and O–H groups in total. The number of aliphatic carboxylic acids is 1. The Kier molecular flexibility index (Phi) is 4.64. The molecule has 0 fully saturated rings. The van der Waals surface area contributed by atoms with Crippen molar-refractivity contribution in [3.8, 4) is 0 Å². The predicted octanol–water partition coefficient (Wildman–Crippen LogP) is 2.68. The first-order valence-corrected chi connectivity index (χ1v) is 6.01. The van der Waals surface area contributed by atoms with Gasteiger partial charge in [-0.2, -0.15) is 0 Å². The van der Waals surface area contributed by atoms with Crippen LogP contribution in [0.15, 0.2) is 24.3 Å². The van der Waals surface area contributed by atoms with Crippen LogP contribution in [-0.4, -0.2) is 23.5 Å². The Balaban J connectivity index is 3.05. The van der Waals surface area contributed by atoms with Gasteiger partial charge in [-0.3, -0.25) is 9.59 Å². The normalized spacial score (nSPS) is 11.2. The highest BCUT2D eigenvalue weighted by Crippen LogP contribution is 2.24. The summed E-state index contributed by atoms with van der Waals surface area (Å²) in [6, 6.07) is 5.59. The minimum absolute atomic E-state index is 0.0227. The molecule has 19 heavy (non-hydrogen) atoms. The van der Waals surface area contributed by atoms with E-state index in [4.69, 9.17) is 5.11 Å². The number of halogens is 1. The second kappa shape index (κ2) is 5.82. The lowest BCUT2D eigenvalue weighted by atomic mass is 9.94. The molecule has 0 saturated carbocycles. The molecule has 0 spiro atoms. The van der Waals surface area contributed by atoms with E-state index in [1.54, 1.807) is 26.8 Å². The zero-order chi connectivity index (χ0) is 14.6. The highest BCUT2D eigenvalue weighted by Gasteiger charge is 2.28. The maximum Gasteiger partial charge on any atom is 0.305 e. The lowest BCUT2D eigenvalue weighted by Gasteiger charge is -2.29. The molecule has 0 atom stereocenters. The number of carboxylic acid groups (broad SMARTS) is 1. The van der Waals surface area contributed by atoms with Crippen LogP contribution in [0.1, 0.15) is 27.2 Å². The van der Waals surface area contributed by atoms with Gasteiger partial charge in [-0.15, -0.1) is 0 Å². The number of carbonyl (C=O) groups excluding carboxylic acids is 1. The second-order valence-electron chi connectivity index (χ2n) is 5.33. The molecule has 0 radical (unpaired) electrons. The van der Waals surface area contributed by atoms with E-state index in [-0.39, 0.29) is 18.9 Å². The van der Waals surface area contributed by atoms with Crippen molar-refractivity contribution in [1.82, 2.24) is 0 Å². The number of benzene rings is 1. The largest absolute Gasteiger partial charge is 0.481 e. The Morgan fingerprint density at radius 3 is 2.42 bits per heavy atom. The third-order valence-electron chi connectivity index (χ3n) is 2.56. The highest BCUT2D eigenvalue weighted by molar-refractivity contribution is 5.97. The highest BCUT2D eigenvalue weighted by atomic mass is 19.1. The molecule has 0 bridgehead atoms. The van der Waals surface area contributed by atoms with Gasteiger partial charge >= 0.3 is 5.97 Å². The summed E-state index contributed by atoms with van der Waals surface area (Å²) in [5, 5.41) is 8.74. The van der Waals surface area contributed by atoms with Gasteiger partial charge in [0, 0.05) is 17.6 Å². The van der Waals surface area contributed by atoms with Gasteiger partial charge in [0.15, 0.2) is 0 Å². The van der Waals surface area contributed by atoms with E-state index in [1.807, 2.05) is 0 Å². The van der Waals surface area contributed by atoms with Crippen LogP contribution in [0.2, 0.25) is 0 Å². The fraction of sp³-hybridized carbons (Fsp3) is 0.429. The van der Waals surface area contributed by atoms with Crippen LogP contribution in [0.4, 0.5) is 10.1 Å². The zero-order valence-electron chi connectivity index (χ0n) is 11.3. The summed E-state index contributed by atoms with van der Waals surface area (Å²) in [4.78, 5) is 24.3. The number of rotatable bonds is 4. The lowest BCUT2D eigenvalue weighted by Crippen LogP contribution is -2.40. The van der Waals surface area contributed by atoms with Gasteiger partial charge < -0.3 is 10.0 Å². The molecule has 1 aromatic rings. The van der Waals surface area contributed by atoms with Gasteiger partial charge in [-0.25, -0.2) is 4.39 Å². The first-order chi connectivity index (χ1) is 8.71. The number of nitrogens with zero attached hydrogens (tertiary/aromatic N) is 1. The monoisotopic (exact) mass is 267 g/mol. The third-order valence-corrected chi connectivity index (χ3v) is 2.56. The summed E-state index contributed by atoms with van der Waals surface area (Å²) in [7, 11) is 0. The molecule has 104 valence electrons. The first kappa shape index (κ1) is 15.1. The van der Waals surface area contributed by atoms with Crippen molar-refractivity contribution in [2.75, 3.05) is 11.4 Å². The minimum atomic E-state index is -0.997. The van der Waals surface area contributed by atoms with Gasteiger partial charge in [0.1, 0.15) is 5.82 Å². The summed E-state index contributed by atoms with van der Waals surface area (Å²) in [6.07, 6.45) is -0.182. The summed E-state index contributed by atoms with van der Waals surface area (Å²) in [5.74, 6) is -1.69. The van der Waals surface area contributed by atoms with Crippen molar-refractivity contribution in [2.45, 2.75) is 27.2 Å². The molecule has 5 heteroatoms. The van der Waals surface area contributed by atoms with Crippen molar-refractivity contribution >= 4 is 17.6 Å². The Hall–Kier alpha value is -1.91. The lowest BCUT2D eigenvalue weighted by molar-refractivity contribution is -0.136. The summed E-state index contributed by atoms with van der Waals surface area (Å²) < 4.78 is 13.2. The molecule has 0 heterocycles. The van der Waals surface area contributed by atoms with Gasteiger partial charge in [0.05, 0.1) is 6.42 Å². The third kappa shape index (κ3) is 4.35. The summed E-state index contributed by atoms with van der Waals surface area (Å²) >= 11 is 0. The minimum Gasteiger partial charge on any atom is -0.481 e. The summed E-state index contributed by atoms with van der Waals surface area (Å²) in [6.45, 7) is 5.24. The molecule has 0 saturated heterocycles. The fourth-order valence-electron chi connectivity index (χ4n) is 1.60. The van der Waals surface area contributed by atoms with Crippen molar-refractivity contribution < 1.29 is 19.1 Å². The molecular formula is C14H18FNO3. The molecule has 0 aliphatic rings. The van der Waals surface area contributed by atoms with E-state index in [1.165, 1.54) is 23.1 Å². The summed E-state index contributed by atoms with van der Waals surface area (Å²) in [5.41, 5.74) is -0.286. The predicted molar refractivity (Wildman–Crippen MR) is 70.5 cm³/mol. The SMILES string of the molecule is CC(C)(C)C(=O)N(CCC(=O)O)c1cccc(F)c1. The van der Waals surface area contributed by atoms with E-state index in [2.05, 4.69) is 0 Å². The molecule has 0 aliphatic carbocycles. The van der Waals surface area contributed by atoms with E-state index < -0.39 is 17.2 Å². The number of anilines is 1. The van der Waals surface area contributed by atoms with Crippen molar-refractivity contribution in [2.24, 2.45) is 5.41 Å². The number of amides is 1. The van der Waals surface area contributed by atoms with Crippen LogP contribution in [0.25, 0.3) is 0 Å². The quantitative estimate of drug-likeness (QED) is 0.912. The molecular weight excluding hydrogens is 249 g/mol. The molecule has 1 amide bonds. The Morgan fingerprint density at radius 2 is 1.95 bits per heavy atom. The maximum absolute atomic E-state index is 13.2. The van der Waals surface area contributed by atoms with Gasteiger partial charge in [-0.05, 0) is 18.2 Å². The van der Waals surface area contributed by atoms with E-state index in [0.717, 1.165) is 0 Å². The van der Waals surface area contributed by atoms with Crippen LogP contribution in [0, 0.1) is 11.2 Å². The van der Waals surface area contributed by atoms with Crippen LogP contribution < -0.4 is 4.90 Å². The number of hydrogen-bond donors (Lipinski definition) is 1. The van der Waals surface area contributed by atoms with Crippen LogP contribution in [0.5, 0.6) is 0 Å². The average Bonchev–Trinajstić information content (AvgIpc) is 2.27. The Morgan fingerprint density at radius 1 is 1.32 bits per heavy atom.